The van der Waals surface area contributed by atoms with Crippen LogP contribution in [0.4, 0.5) is 10.5 Å². The highest BCUT2D eigenvalue weighted by Crippen LogP contribution is 2.37. The largest absolute Gasteiger partial charge is 0.497 e. The van der Waals surface area contributed by atoms with Gasteiger partial charge in [-0.05, 0) is 67.1 Å². The Labute approximate surface area is 245 Å². The van der Waals surface area contributed by atoms with Crippen molar-refractivity contribution in [3.63, 3.8) is 0 Å². The molecule has 2 amide bonds. The molecular formula is C31H36N4O5S. The van der Waals surface area contributed by atoms with Gasteiger partial charge in [-0.15, -0.1) is 0 Å². The summed E-state index contributed by atoms with van der Waals surface area (Å²) < 4.78 is 23.6. The molecule has 0 radical (unpaired) electrons. The molecule has 1 aromatic heterocycles. The summed E-state index contributed by atoms with van der Waals surface area (Å²) in [6, 6.07) is 20.9. The van der Waals surface area contributed by atoms with Crippen molar-refractivity contribution in [1.29, 1.82) is 0 Å². The zero-order valence-corrected chi connectivity index (χ0v) is 24.8. The van der Waals surface area contributed by atoms with E-state index >= 15 is 0 Å². The Kier molecular flexibility index (Phi) is 10.4. The van der Waals surface area contributed by atoms with E-state index in [1.807, 2.05) is 36.4 Å². The summed E-state index contributed by atoms with van der Waals surface area (Å²) in [5, 5.41) is 6.65. The predicted octanol–water partition coefficient (Wildman–Crippen LogP) is 6.58. The fourth-order valence-electron chi connectivity index (χ4n) is 4.34. The van der Waals surface area contributed by atoms with E-state index in [0.717, 1.165) is 52.1 Å². The number of rotatable bonds is 13. The smallest absolute Gasteiger partial charge is 0.319 e. The molecule has 0 aliphatic heterocycles. The van der Waals surface area contributed by atoms with Gasteiger partial charge in [-0.25, -0.2) is 9.78 Å². The number of benzene rings is 3. The minimum Gasteiger partial charge on any atom is -0.497 e. The van der Waals surface area contributed by atoms with E-state index in [4.69, 9.17) is 23.9 Å². The van der Waals surface area contributed by atoms with Crippen molar-refractivity contribution in [3.8, 4) is 45.5 Å². The quantitative estimate of drug-likeness (QED) is 0.137. The summed E-state index contributed by atoms with van der Waals surface area (Å²) in [7, 11) is 6.45. The Morgan fingerprint density at radius 2 is 1.44 bits per heavy atom. The van der Waals surface area contributed by atoms with Gasteiger partial charge in [0.05, 0.1) is 45.5 Å². The second-order valence-corrected chi connectivity index (χ2v) is 10.1. The Hall–Kier alpha value is -4.31. The molecule has 10 heteroatoms. The zero-order valence-electron chi connectivity index (χ0n) is 24.0. The number of methoxy groups -OCH3 is 4. The molecule has 0 unspecified atom stereocenters. The summed E-state index contributed by atoms with van der Waals surface area (Å²) in [5.41, 5.74) is 4.55. The molecule has 0 bridgehead atoms. The van der Waals surface area contributed by atoms with Crippen LogP contribution in [0.3, 0.4) is 0 Å². The van der Waals surface area contributed by atoms with Gasteiger partial charge in [0.2, 0.25) is 0 Å². The summed E-state index contributed by atoms with van der Waals surface area (Å²) in [4.78, 5) is 17.7. The molecule has 3 aromatic carbocycles. The van der Waals surface area contributed by atoms with E-state index in [-0.39, 0.29) is 6.03 Å². The monoisotopic (exact) mass is 576 g/mol. The summed E-state index contributed by atoms with van der Waals surface area (Å²) in [6.07, 6.45) is 0.944. The topological polar surface area (TPSA) is 95.9 Å². The standard InChI is InChI=1S/C31H36N4O5S/c1-6-18-35-29(22-9-13-24(38-3)14-10-22)28(21-7-11-23(37-2)12-8-21)34-31(35)41-19-17-32-30(36)33-26-16-15-25(39-4)20-27(26)40-5/h7-16,20H,6,17-19H2,1-5H3,(H2,32,33,36). The van der Waals surface area contributed by atoms with Gasteiger partial charge in [-0.2, -0.15) is 0 Å². The number of hydrogen-bond acceptors (Lipinski definition) is 7. The van der Waals surface area contributed by atoms with Crippen molar-refractivity contribution in [1.82, 2.24) is 14.9 Å². The lowest BCUT2D eigenvalue weighted by Gasteiger charge is -2.13. The number of carbonyl (C=O) groups is 1. The van der Waals surface area contributed by atoms with Gasteiger partial charge in [0.25, 0.3) is 0 Å². The molecule has 216 valence electrons. The van der Waals surface area contributed by atoms with Gasteiger partial charge in [-0.3, -0.25) is 0 Å². The van der Waals surface area contributed by atoms with Crippen LogP contribution in [0.1, 0.15) is 13.3 Å². The number of carbonyl (C=O) groups excluding carboxylic acids is 1. The maximum absolute atomic E-state index is 12.6. The van der Waals surface area contributed by atoms with Gasteiger partial charge in [0.15, 0.2) is 5.16 Å². The van der Waals surface area contributed by atoms with Crippen LogP contribution in [0.5, 0.6) is 23.0 Å². The van der Waals surface area contributed by atoms with E-state index in [0.29, 0.717) is 29.5 Å². The van der Waals surface area contributed by atoms with E-state index in [9.17, 15) is 4.79 Å². The minimum absolute atomic E-state index is 0.316. The molecule has 0 spiro atoms. The molecule has 4 aromatic rings. The van der Waals surface area contributed by atoms with Crippen LogP contribution >= 0.6 is 11.8 Å². The highest BCUT2D eigenvalue weighted by molar-refractivity contribution is 7.99. The van der Waals surface area contributed by atoms with Gasteiger partial charge >= 0.3 is 6.03 Å². The van der Waals surface area contributed by atoms with Crippen LogP contribution in [-0.2, 0) is 6.54 Å². The number of nitrogens with one attached hydrogen (secondary N) is 2. The van der Waals surface area contributed by atoms with Crippen LogP contribution in [0.15, 0.2) is 71.9 Å². The number of aromatic nitrogens is 2. The Balaban J connectivity index is 1.53. The number of hydrogen-bond donors (Lipinski definition) is 2. The fourth-order valence-corrected chi connectivity index (χ4v) is 5.22. The van der Waals surface area contributed by atoms with Crippen LogP contribution < -0.4 is 29.6 Å². The number of ether oxygens (including phenoxy) is 4. The predicted molar refractivity (Wildman–Crippen MR) is 164 cm³/mol. The average Bonchev–Trinajstić information content (AvgIpc) is 3.37. The van der Waals surface area contributed by atoms with Crippen LogP contribution in [0, 0.1) is 0 Å². The van der Waals surface area contributed by atoms with Crippen molar-refractivity contribution in [2.45, 2.75) is 25.0 Å². The van der Waals surface area contributed by atoms with Crippen molar-refractivity contribution >= 4 is 23.5 Å². The second-order valence-electron chi connectivity index (χ2n) is 9.00. The third-order valence-electron chi connectivity index (χ3n) is 6.38. The van der Waals surface area contributed by atoms with E-state index in [1.54, 1.807) is 58.4 Å². The van der Waals surface area contributed by atoms with Crippen molar-refractivity contribution in [2.75, 3.05) is 46.1 Å². The summed E-state index contributed by atoms with van der Waals surface area (Å²) in [5.74, 6) is 3.40. The van der Waals surface area contributed by atoms with Gasteiger partial charge < -0.3 is 34.1 Å². The van der Waals surface area contributed by atoms with Crippen molar-refractivity contribution in [2.24, 2.45) is 0 Å². The first kappa shape index (κ1) is 29.7. The zero-order chi connectivity index (χ0) is 29.2. The first-order valence-electron chi connectivity index (χ1n) is 13.3. The molecule has 2 N–H and O–H groups in total. The third kappa shape index (κ3) is 7.26. The summed E-state index contributed by atoms with van der Waals surface area (Å²) in [6.45, 7) is 3.40. The lowest BCUT2D eigenvalue weighted by Crippen LogP contribution is -2.30. The molecule has 4 rings (SSSR count). The van der Waals surface area contributed by atoms with Gasteiger partial charge in [0, 0.05) is 36.0 Å². The van der Waals surface area contributed by atoms with E-state index in [2.05, 4.69) is 34.3 Å². The Bertz CT molecular complexity index is 1440. The number of thioether (sulfide) groups is 1. The Morgan fingerprint density at radius 3 is 2.02 bits per heavy atom. The molecule has 1 heterocycles. The first-order valence-corrected chi connectivity index (χ1v) is 14.3. The number of anilines is 1. The molecule has 41 heavy (non-hydrogen) atoms. The SMILES string of the molecule is CCCn1c(SCCNC(=O)Nc2ccc(OC)cc2OC)nc(-c2ccc(OC)cc2)c1-c1ccc(OC)cc1. The summed E-state index contributed by atoms with van der Waals surface area (Å²) >= 11 is 1.61. The van der Waals surface area contributed by atoms with Crippen LogP contribution in [0.2, 0.25) is 0 Å². The number of urea groups is 1. The highest BCUT2D eigenvalue weighted by atomic mass is 32.2. The van der Waals surface area contributed by atoms with E-state index in [1.165, 1.54) is 0 Å². The molecule has 0 saturated heterocycles. The number of nitrogens with zero attached hydrogens (tertiary/aromatic N) is 2. The molecule has 0 fully saturated rings. The lowest BCUT2D eigenvalue weighted by atomic mass is 10.0. The van der Waals surface area contributed by atoms with Gasteiger partial charge in [-0.1, -0.05) is 18.7 Å². The molecule has 0 aliphatic carbocycles. The number of imidazole rings is 1. The highest BCUT2D eigenvalue weighted by Gasteiger charge is 2.20. The second kappa shape index (κ2) is 14.4. The first-order chi connectivity index (χ1) is 20.0. The minimum atomic E-state index is -0.316. The van der Waals surface area contributed by atoms with Crippen LogP contribution in [-0.4, -0.2) is 56.3 Å². The molecule has 0 atom stereocenters. The molecule has 0 saturated carbocycles. The van der Waals surface area contributed by atoms with Gasteiger partial charge in [0.1, 0.15) is 23.0 Å². The maximum Gasteiger partial charge on any atom is 0.319 e. The van der Waals surface area contributed by atoms with Crippen molar-refractivity contribution in [3.05, 3.63) is 66.7 Å². The van der Waals surface area contributed by atoms with Crippen LogP contribution in [0.25, 0.3) is 22.5 Å². The Morgan fingerprint density at radius 1 is 0.829 bits per heavy atom. The van der Waals surface area contributed by atoms with Crippen molar-refractivity contribution < 1.29 is 23.7 Å². The molecule has 0 aliphatic rings. The third-order valence-corrected chi connectivity index (χ3v) is 7.36. The fraction of sp³-hybridized carbons (Fsp3) is 0.290. The lowest BCUT2D eigenvalue weighted by molar-refractivity contribution is 0.252. The average molecular weight is 577 g/mol. The van der Waals surface area contributed by atoms with E-state index < -0.39 is 0 Å². The molecular weight excluding hydrogens is 540 g/mol. The maximum atomic E-state index is 12.6. The number of amides is 2. The molecule has 9 nitrogen and oxygen atoms in total. The normalized spacial score (nSPS) is 10.7.